The Morgan fingerprint density at radius 2 is 2.26 bits per heavy atom. The highest BCUT2D eigenvalue weighted by atomic mass is 16.5. The Kier molecular flexibility index (Phi) is 3.65. The van der Waals surface area contributed by atoms with Crippen LogP contribution in [0, 0.1) is 0 Å². The summed E-state index contributed by atoms with van der Waals surface area (Å²) in [6, 6.07) is 7.39. The number of benzene rings is 1. The van der Waals surface area contributed by atoms with Gasteiger partial charge in [-0.2, -0.15) is 0 Å². The van der Waals surface area contributed by atoms with Crippen molar-refractivity contribution in [3.8, 4) is 0 Å². The van der Waals surface area contributed by atoms with Crippen LogP contribution in [0.1, 0.15) is 31.7 Å². The number of fused-ring (bicyclic) bond motifs is 1. The van der Waals surface area contributed by atoms with Gasteiger partial charge in [0, 0.05) is 37.6 Å². The summed E-state index contributed by atoms with van der Waals surface area (Å²) in [6.45, 7) is 4.19. The fourth-order valence-corrected chi connectivity index (χ4v) is 3.07. The summed E-state index contributed by atoms with van der Waals surface area (Å²) in [6.07, 6.45) is 5.25. The average molecular weight is 260 g/mol. The fraction of sp³-hybridized carbons (Fsp3) is 0.625. The second kappa shape index (κ2) is 5.41. The predicted octanol–water partition coefficient (Wildman–Crippen LogP) is 3.05. The van der Waals surface area contributed by atoms with Crippen molar-refractivity contribution in [3.05, 3.63) is 23.8 Å². The molecule has 3 nitrogen and oxygen atoms in total. The van der Waals surface area contributed by atoms with E-state index in [9.17, 15) is 0 Å². The van der Waals surface area contributed by atoms with Crippen LogP contribution in [0.15, 0.2) is 18.2 Å². The van der Waals surface area contributed by atoms with Crippen molar-refractivity contribution >= 4 is 11.4 Å². The van der Waals surface area contributed by atoms with Gasteiger partial charge in [0.2, 0.25) is 0 Å². The third-order valence-corrected chi connectivity index (χ3v) is 4.28. The number of nitrogens with zero attached hydrogens (tertiary/aromatic N) is 1. The second-order valence-corrected chi connectivity index (χ2v) is 5.94. The molecule has 0 amide bonds. The van der Waals surface area contributed by atoms with Crippen molar-refractivity contribution in [2.75, 3.05) is 30.4 Å². The smallest absolute Gasteiger partial charge is 0.0750 e. The van der Waals surface area contributed by atoms with Gasteiger partial charge in [-0.3, -0.25) is 0 Å². The van der Waals surface area contributed by atoms with E-state index in [1.54, 1.807) is 0 Å². The summed E-state index contributed by atoms with van der Waals surface area (Å²) >= 11 is 0. The molecule has 2 unspecified atom stereocenters. The highest BCUT2D eigenvalue weighted by Gasteiger charge is 2.19. The Morgan fingerprint density at radius 3 is 3.05 bits per heavy atom. The standard InChI is InChI=1S/C16H24N2O/c1-12-5-6-13-10-14(7-8-16(13)17-12)18(2)11-15-4-3-9-19-15/h7-8,10,12,15,17H,3-6,9,11H2,1-2H3. The third kappa shape index (κ3) is 2.86. The van der Waals surface area contributed by atoms with E-state index < -0.39 is 0 Å². The van der Waals surface area contributed by atoms with Crippen LogP contribution in [0.25, 0.3) is 0 Å². The van der Waals surface area contributed by atoms with Crippen molar-refractivity contribution in [1.82, 2.24) is 0 Å². The quantitative estimate of drug-likeness (QED) is 0.904. The van der Waals surface area contributed by atoms with Crippen LogP contribution < -0.4 is 10.2 Å². The van der Waals surface area contributed by atoms with Crippen molar-refractivity contribution in [2.45, 2.75) is 44.8 Å². The molecule has 0 saturated carbocycles. The van der Waals surface area contributed by atoms with Gasteiger partial charge < -0.3 is 15.0 Å². The normalized spacial score (nSPS) is 25.8. The Balaban J connectivity index is 1.70. The van der Waals surface area contributed by atoms with Crippen LogP contribution in [0.2, 0.25) is 0 Å². The number of nitrogens with one attached hydrogen (secondary N) is 1. The first-order valence-corrected chi connectivity index (χ1v) is 7.44. The highest BCUT2D eigenvalue weighted by molar-refractivity contribution is 5.62. The van der Waals surface area contributed by atoms with E-state index in [1.807, 2.05) is 0 Å². The SMILES string of the molecule is CC1CCc2cc(N(C)CC3CCCO3)ccc2N1. The Bertz CT molecular complexity index is 440. The minimum Gasteiger partial charge on any atom is -0.382 e. The van der Waals surface area contributed by atoms with Crippen molar-refractivity contribution in [2.24, 2.45) is 0 Å². The molecule has 1 aromatic rings. The van der Waals surface area contributed by atoms with Gasteiger partial charge in [0.05, 0.1) is 6.10 Å². The highest BCUT2D eigenvalue weighted by Crippen LogP contribution is 2.29. The Morgan fingerprint density at radius 1 is 1.37 bits per heavy atom. The lowest BCUT2D eigenvalue weighted by Crippen LogP contribution is -2.29. The summed E-state index contributed by atoms with van der Waals surface area (Å²) in [5.41, 5.74) is 4.08. The van der Waals surface area contributed by atoms with E-state index in [1.165, 1.54) is 42.6 Å². The summed E-state index contributed by atoms with van der Waals surface area (Å²) < 4.78 is 5.72. The minimum atomic E-state index is 0.416. The van der Waals surface area contributed by atoms with E-state index >= 15 is 0 Å². The van der Waals surface area contributed by atoms with E-state index in [-0.39, 0.29) is 0 Å². The van der Waals surface area contributed by atoms with Crippen LogP contribution in [-0.4, -0.2) is 32.3 Å². The maximum atomic E-state index is 5.72. The first-order chi connectivity index (χ1) is 9.22. The number of anilines is 2. The molecule has 104 valence electrons. The molecule has 19 heavy (non-hydrogen) atoms. The molecule has 1 fully saturated rings. The van der Waals surface area contributed by atoms with Gasteiger partial charge in [-0.05, 0) is 56.4 Å². The summed E-state index contributed by atoms with van der Waals surface area (Å²) in [4.78, 5) is 2.33. The van der Waals surface area contributed by atoms with Crippen LogP contribution in [0.5, 0.6) is 0 Å². The summed E-state index contributed by atoms with van der Waals surface area (Å²) in [5, 5.41) is 3.56. The lowest BCUT2D eigenvalue weighted by atomic mass is 9.98. The van der Waals surface area contributed by atoms with Gasteiger partial charge in [0.15, 0.2) is 0 Å². The summed E-state index contributed by atoms with van der Waals surface area (Å²) in [5.74, 6) is 0. The molecule has 2 aliphatic heterocycles. The molecule has 1 aromatic carbocycles. The number of rotatable bonds is 3. The molecule has 2 heterocycles. The number of likely N-dealkylation sites (N-methyl/N-ethyl adjacent to an activating group) is 1. The zero-order valence-electron chi connectivity index (χ0n) is 12.0. The third-order valence-electron chi connectivity index (χ3n) is 4.28. The number of ether oxygens (including phenoxy) is 1. The van der Waals surface area contributed by atoms with Crippen LogP contribution in [0.3, 0.4) is 0 Å². The molecule has 3 rings (SSSR count). The van der Waals surface area contributed by atoms with Gasteiger partial charge in [0.25, 0.3) is 0 Å². The first-order valence-electron chi connectivity index (χ1n) is 7.44. The Labute approximate surface area is 115 Å². The largest absolute Gasteiger partial charge is 0.382 e. The topological polar surface area (TPSA) is 24.5 Å². The van der Waals surface area contributed by atoms with Crippen LogP contribution in [0.4, 0.5) is 11.4 Å². The molecule has 1 saturated heterocycles. The molecular formula is C16H24N2O. The lowest BCUT2D eigenvalue weighted by molar-refractivity contribution is 0.116. The molecule has 2 aliphatic rings. The minimum absolute atomic E-state index is 0.416. The molecule has 0 aromatic heterocycles. The summed E-state index contributed by atoms with van der Waals surface area (Å²) in [7, 11) is 2.17. The monoisotopic (exact) mass is 260 g/mol. The average Bonchev–Trinajstić information content (AvgIpc) is 2.91. The van der Waals surface area contributed by atoms with Gasteiger partial charge in [-0.1, -0.05) is 0 Å². The maximum Gasteiger partial charge on any atom is 0.0750 e. The van der Waals surface area contributed by atoms with E-state index in [0.29, 0.717) is 12.1 Å². The molecule has 0 bridgehead atoms. The molecule has 0 spiro atoms. The first kappa shape index (κ1) is 12.8. The maximum absolute atomic E-state index is 5.72. The number of hydrogen-bond acceptors (Lipinski definition) is 3. The van der Waals surface area contributed by atoms with E-state index in [2.05, 4.69) is 42.4 Å². The van der Waals surface area contributed by atoms with Gasteiger partial charge >= 0.3 is 0 Å². The van der Waals surface area contributed by atoms with Crippen molar-refractivity contribution in [1.29, 1.82) is 0 Å². The van der Waals surface area contributed by atoms with Crippen LogP contribution >= 0.6 is 0 Å². The van der Waals surface area contributed by atoms with Gasteiger partial charge in [0.1, 0.15) is 0 Å². The molecule has 3 heteroatoms. The number of hydrogen-bond donors (Lipinski definition) is 1. The van der Waals surface area contributed by atoms with Gasteiger partial charge in [-0.15, -0.1) is 0 Å². The zero-order valence-corrected chi connectivity index (χ0v) is 12.0. The van der Waals surface area contributed by atoms with Crippen molar-refractivity contribution < 1.29 is 4.74 Å². The second-order valence-electron chi connectivity index (χ2n) is 5.94. The van der Waals surface area contributed by atoms with E-state index in [4.69, 9.17) is 4.74 Å². The molecule has 1 N–H and O–H groups in total. The number of aryl methyl sites for hydroxylation is 1. The lowest BCUT2D eigenvalue weighted by Gasteiger charge is -2.27. The van der Waals surface area contributed by atoms with Crippen LogP contribution in [-0.2, 0) is 11.2 Å². The van der Waals surface area contributed by atoms with Gasteiger partial charge in [-0.25, -0.2) is 0 Å². The predicted molar refractivity (Wildman–Crippen MR) is 80.1 cm³/mol. The molecule has 0 radical (unpaired) electrons. The Hall–Kier alpha value is -1.22. The molecular weight excluding hydrogens is 236 g/mol. The molecule has 2 atom stereocenters. The molecule has 0 aliphatic carbocycles. The van der Waals surface area contributed by atoms with E-state index in [0.717, 1.165) is 13.2 Å². The van der Waals surface area contributed by atoms with Crippen molar-refractivity contribution in [3.63, 3.8) is 0 Å². The zero-order chi connectivity index (χ0) is 13.2. The fourth-order valence-electron chi connectivity index (χ4n) is 3.07.